The molecule has 0 radical (unpaired) electrons. The molecule has 0 bridgehead atoms. The third-order valence-corrected chi connectivity index (χ3v) is 2.81. The molecule has 1 heterocycles. The van der Waals surface area contributed by atoms with Crippen LogP contribution in [0, 0.1) is 0 Å². The molecule has 1 aromatic rings. The molecular formula is C13H17F3N2. The number of halogens is 3. The second-order valence-electron chi connectivity index (χ2n) is 4.12. The van der Waals surface area contributed by atoms with E-state index in [1.807, 2.05) is 6.92 Å². The van der Waals surface area contributed by atoms with Gasteiger partial charge in [0.15, 0.2) is 0 Å². The summed E-state index contributed by atoms with van der Waals surface area (Å²) >= 11 is 0. The molecule has 1 atom stereocenters. The van der Waals surface area contributed by atoms with E-state index in [0.717, 1.165) is 24.3 Å². The summed E-state index contributed by atoms with van der Waals surface area (Å²) in [5, 5.41) is 3.04. The van der Waals surface area contributed by atoms with Crippen LogP contribution in [0.4, 0.5) is 13.2 Å². The van der Waals surface area contributed by atoms with E-state index in [0.29, 0.717) is 12.1 Å². The first-order valence-corrected chi connectivity index (χ1v) is 5.75. The van der Waals surface area contributed by atoms with Gasteiger partial charge in [-0.3, -0.25) is 4.98 Å². The number of nitrogens with zero attached hydrogens (tertiary/aromatic N) is 1. The lowest BCUT2D eigenvalue weighted by atomic mass is 10.0. The predicted octanol–water partition coefficient (Wildman–Crippen LogP) is 3.72. The van der Waals surface area contributed by atoms with Crippen molar-refractivity contribution in [2.24, 2.45) is 0 Å². The van der Waals surface area contributed by atoms with Crippen LogP contribution < -0.4 is 5.32 Å². The van der Waals surface area contributed by atoms with Gasteiger partial charge in [0.2, 0.25) is 0 Å². The third-order valence-electron chi connectivity index (χ3n) is 2.81. The van der Waals surface area contributed by atoms with E-state index in [-0.39, 0.29) is 6.04 Å². The first kappa shape index (κ1) is 14.7. The van der Waals surface area contributed by atoms with Crippen LogP contribution in [0.2, 0.25) is 0 Å². The third kappa shape index (κ3) is 3.84. The molecule has 1 unspecified atom stereocenters. The summed E-state index contributed by atoms with van der Waals surface area (Å²) in [6.07, 6.45) is -1.95. The van der Waals surface area contributed by atoms with Gasteiger partial charge in [0.05, 0.1) is 17.3 Å². The Labute approximate surface area is 105 Å². The molecule has 1 rings (SSSR count). The highest BCUT2D eigenvalue weighted by atomic mass is 19.4. The molecule has 1 aromatic heterocycles. The van der Waals surface area contributed by atoms with Crippen molar-refractivity contribution in [3.63, 3.8) is 0 Å². The summed E-state index contributed by atoms with van der Waals surface area (Å²) in [5.41, 5.74) is 0.909. The summed E-state index contributed by atoms with van der Waals surface area (Å²) in [5.74, 6) is 0. The fraction of sp³-hybridized carbons (Fsp3) is 0.462. The van der Waals surface area contributed by atoms with E-state index in [1.54, 1.807) is 7.05 Å². The molecule has 18 heavy (non-hydrogen) atoms. The Kier molecular flexibility index (Phi) is 4.90. The highest BCUT2D eigenvalue weighted by Crippen LogP contribution is 2.29. The molecule has 0 fully saturated rings. The van der Waals surface area contributed by atoms with Gasteiger partial charge < -0.3 is 5.32 Å². The average molecular weight is 258 g/mol. The van der Waals surface area contributed by atoms with Crippen molar-refractivity contribution in [1.82, 2.24) is 10.3 Å². The number of pyridine rings is 1. The maximum atomic E-state index is 12.4. The smallest absolute Gasteiger partial charge is 0.311 e. The van der Waals surface area contributed by atoms with Gasteiger partial charge in [-0.05, 0) is 32.0 Å². The molecule has 0 aliphatic carbocycles. The van der Waals surface area contributed by atoms with Crippen molar-refractivity contribution in [1.29, 1.82) is 0 Å². The second kappa shape index (κ2) is 6.00. The average Bonchev–Trinajstić information content (AvgIpc) is 2.34. The Bertz CT molecular complexity index is 396. The van der Waals surface area contributed by atoms with Gasteiger partial charge in [-0.25, -0.2) is 0 Å². The van der Waals surface area contributed by atoms with Crippen molar-refractivity contribution >= 4 is 0 Å². The van der Waals surface area contributed by atoms with Crippen LogP contribution in [0.1, 0.15) is 37.1 Å². The number of hydrogen-bond acceptors (Lipinski definition) is 2. The number of alkyl halides is 3. The van der Waals surface area contributed by atoms with E-state index in [2.05, 4.69) is 16.9 Å². The normalized spacial score (nSPS) is 13.4. The van der Waals surface area contributed by atoms with Crippen LogP contribution in [0.5, 0.6) is 0 Å². The maximum Gasteiger partial charge on any atom is 0.417 e. The Morgan fingerprint density at radius 3 is 2.50 bits per heavy atom. The Balaban J connectivity index is 2.85. The summed E-state index contributed by atoms with van der Waals surface area (Å²) in [6.45, 7) is 5.89. The molecular weight excluding hydrogens is 241 g/mol. The number of hydrogen-bond donors (Lipinski definition) is 1. The molecule has 100 valence electrons. The zero-order valence-corrected chi connectivity index (χ0v) is 10.5. The van der Waals surface area contributed by atoms with Gasteiger partial charge >= 0.3 is 6.18 Å². The molecule has 1 N–H and O–H groups in total. The lowest BCUT2D eigenvalue weighted by Gasteiger charge is -2.17. The molecule has 0 amide bonds. The first-order valence-electron chi connectivity index (χ1n) is 5.75. The zero-order valence-electron chi connectivity index (χ0n) is 10.5. The van der Waals surface area contributed by atoms with Crippen molar-refractivity contribution in [2.45, 2.75) is 32.0 Å². The standard InChI is InChI=1S/C13H17F3N2/c1-4-9(2)7-12(17-3)11-6-5-10(8-18-11)13(14,15)16/h5-6,8,12,17H,2,4,7H2,1,3H3. The SMILES string of the molecule is C=C(CC)CC(NC)c1ccc(C(F)(F)F)cn1. The van der Waals surface area contributed by atoms with E-state index in [1.165, 1.54) is 6.07 Å². The van der Waals surface area contributed by atoms with Crippen LogP contribution in [0.3, 0.4) is 0 Å². The Morgan fingerprint density at radius 1 is 1.44 bits per heavy atom. The minimum atomic E-state index is -4.34. The maximum absolute atomic E-state index is 12.4. The quantitative estimate of drug-likeness (QED) is 0.814. The van der Waals surface area contributed by atoms with Crippen LogP contribution in [-0.2, 0) is 6.18 Å². The molecule has 0 spiro atoms. The molecule has 0 saturated carbocycles. The van der Waals surface area contributed by atoms with E-state index < -0.39 is 11.7 Å². The van der Waals surface area contributed by atoms with Crippen molar-refractivity contribution in [3.8, 4) is 0 Å². The van der Waals surface area contributed by atoms with Crippen molar-refractivity contribution in [3.05, 3.63) is 41.7 Å². The predicted molar refractivity (Wildman–Crippen MR) is 65.1 cm³/mol. The topological polar surface area (TPSA) is 24.9 Å². The minimum absolute atomic E-state index is 0.0975. The van der Waals surface area contributed by atoms with Crippen LogP contribution in [-0.4, -0.2) is 12.0 Å². The van der Waals surface area contributed by atoms with Crippen molar-refractivity contribution < 1.29 is 13.2 Å². The summed E-state index contributed by atoms with van der Waals surface area (Å²) in [6, 6.07) is 2.37. The van der Waals surface area contributed by atoms with Gasteiger partial charge in [-0.2, -0.15) is 13.2 Å². The monoisotopic (exact) mass is 258 g/mol. The Morgan fingerprint density at radius 2 is 2.11 bits per heavy atom. The van der Waals surface area contributed by atoms with E-state index in [4.69, 9.17) is 0 Å². The van der Waals surface area contributed by atoms with E-state index in [9.17, 15) is 13.2 Å². The van der Waals surface area contributed by atoms with Crippen LogP contribution >= 0.6 is 0 Å². The lowest BCUT2D eigenvalue weighted by molar-refractivity contribution is -0.137. The number of nitrogens with one attached hydrogen (secondary N) is 1. The molecule has 0 saturated heterocycles. The molecule has 5 heteroatoms. The highest BCUT2D eigenvalue weighted by molar-refractivity contribution is 5.20. The molecule has 0 aliphatic rings. The molecule has 2 nitrogen and oxygen atoms in total. The van der Waals surface area contributed by atoms with Gasteiger partial charge in [-0.1, -0.05) is 19.1 Å². The number of rotatable bonds is 5. The first-order chi connectivity index (χ1) is 8.38. The summed E-state index contributed by atoms with van der Waals surface area (Å²) < 4.78 is 37.2. The van der Waals surface area contributed by atoms with Gasteiger partial charge in [0, 0.05) is 6.20 Å². The van der Waals surface area contributed by atoms with Gasteiger partial charge in [-0.15, -0.1) is 0 Å². The minimum Gasteiger partial charge on any atom is -0.311 e. The Hall–Kier alpha value is -1.36. The summed E-state index contributed by atoms with van der Waals surface area (Å²) in [4.78, 5) is 3.88. The fourth-order valence-corrected chi connectivity index (χ4v) is 1.57. The van der Waals surface area contributed by atoms with Crippen LogP contribution in [0.15, 0.2) is 30.5 Å². The van der Waals surface area contributed by atoms with Crippen molar-refractivity contribution in [2.75, 3.05) is 7.05 Å². The molecule has 0 aliphatic heterocycles. The van der Waals surface area contributed by atoms with Crippen LogP contribution in [0.25, 0.3) is 0 Å². The van der Waals surface area contributed by atoms with E-state index >= 15 is 0 Å². The highest BCUT2D eigenvalue weighted by Gasteiger charge is 2.30. The second-order valence-corrected chi connectivity index (χ2v) is 4.12. The zero-order chi connectivity index (χ0) is 13.8. The number of aromatic nitrogens is 1. The lowest BCUT2D eigenvalue weighted by Crippen LogP contribution is -2.18. The fourth-order valence-electron chi connectivity index (χ4n) is 1.57. The largest absolute Gasteiger partial charge is 0.417 e. The van der Waals surface area contributed by atoms with Gasteiger partial charge in [0.1, 0.15) is 0 Å². The van der Waals surface area contributed by atoms with Gasteiger partial charge in [0.25, 0.3) is 0 Å². The summed E-state index contributed by atoms with van der Waals surface area (Å²) in [7, 11) is 1.76. The molecule has 0 aromatic carbocycles.